The standard InChI is InChI=1S/C9H13N3O2/c1-2-11-3-4-12-6-10-8(9(13)14)7(12)5-11/h6H,2-5H2,1H3,(H,13,14). The number of carboxylic acids is 1. The highest BCUT2D eigenvalue weighted by atomic mass is 16.4. The molecule has 1 aromatic rings. The van der Waals surface area contributed by atoms with Crippen LogP contribution in [0.3, 0.4) is 0 Å². The zero-order valence-electron chi connectivity index (χ0n) is 8.10. The molecule has 1 aromatic heterocycles. The van der Waals surface area contributed by atoms with Crippen molar-refractivity contribution in [3.8, 4) is 0 Å². The first-order valence-electron chi connectivity index (χ1n) is 4.72. The summed E-state index contributed by atoms with van der Waals surface area (Å²) in [4.78, 5) is 16.9. The van der Waals surface area contributed by atoms with E-state index in [4.69, 9.17) is 5.11 Å². The van der Waals surface area contributed by atoms with Crippen LogP contribution in [0.4, 0.5) is 0 Å². The molecule has 76 valence electrons. The molecule has 0 fully saturated rings. The third kappa shape index (κ3) is 1.39. The number of hydrogen-bond acceptors (Lipinski definition) is 3. The van der Waals surface area contributed by atoms with Gasteiger partial charge in [-0.05, 0) is 6.54 Å². The van der Waals surface area contributed by atoms with E-state index < -0.39 is 5.97 Å². The Morgan fingerprint density at radius 2 is 2.43 bits per heavy atom. The number of carbonyl (C=O) groups is 1. The summed E-state index contributed by atoms with van der Waals surface area (Å²) in [7, 11) is 0. The third-order valence-corrected chi connectivity index (χ3v) is 2.63. The van der Waals surface area contributed by atoms with Crippen molar-refractivity contribution in [2.75, 3.05) is 13.1 Å². The average molecular weight is 195 g/mol. The van der Waals surface area contributed by atoms with Crippen molar-refractivity contribution in [3.63, 3.8) is 0 Å². The van der Waals surface area contributed by atoms with Crippen molar-refractivity contribution in [1.29, 1.82) is 0 Å². The lowest BCUT2D eigenvalue weighted by atomic mass is 10.2. The highest BCUT2D eigenvalue weighted by molar-refractivity contribution is 5.86. The SMILES string of the molecule is CCN1CCn2cnc(C(=O)O)c2C1. The maximum absolute atomic E-state index is 10.8. The Bertz CT molecular complexity index is 359. The molecule has 5 nitrogen and oxygen atoms in total. The first-order chi connectivity index (χ1) is 6.72. The average Bonchev–Trinajstić information content (AvgIpc) is 2.59. The quantitative estimate of drug-likeness (QED) is 0.742. The number of nitrogens with zero attached hydrogens (tertiary/aromatic N) is 3. The second kappa shape index (κ2) is 3.42. The Labute approximate surface area is 82.0 Å². The van der Waals surface area contributed by atoms with Crippen molar-refractivity contribution in [3.05, 3.63) is 17.7 Å². The molecule has 0 spiro atoms. The Kier molecular flexibility index (Phi) is 2.25. The fourth-order valence-corrected chi connectivity index (χ4v) is 1.75. The third-order valence-electron chi connectivity index (χ3n) is 2.63. The molecule has 0 bridgehead atoms. The van der Waals surface area contributed by atoms with Gasteiger partial charge in [-0.3, -0.25) is 4.90 Å². The lowest BCUT2D eigenvalue weighted by Crippen LogP contribution is -2.33. The number of carboxylic acid groups (broad SMARTS) is 1. The van der Waals surface area contributed by atoms with E-state index in [-0.39, 0.29) is 5.69 Å². The zero-order valence-corrected chi connectivity index (χ0v) is 8.10. The molecule has 0 saturated heterocycles. The van der Waals surface area contributed by atoms with Gasteiger partial charge in [-0.2, -0.15) is 0 Å². The molecule has 0 atom stereocenters. The summed E-state index contributed by atoms with van der Waals surface area (Å²) >= 11 is 0. The second-order valence-electron chi connectivity index (χ2n) is 3.41. The maximum atomic E-state index is 10.8. The van der Waals surface area contributed by atoms with E-state index in [1.165, 1.54) is 0 Å². The molecule has 0 amide bonds. The van der Waals surface area contributed by atoms with Crippen LogP contribution in [-0.4, -0.2) is 38.6 Å². The van der Waals surface area contributed by atoms with Crippen LogP contribution >= 0.6 is 0 Å². The largest absolute Gasteiger partial charge is 0.476 e. The highest BCUT2D eigenvalue weighted by Crippen LogP contribution is 2.15. The fraction of sp³-hybridized carbons (Fsp3) is 0.556. The number of fused-ring (bicyclic) bond motifs is 1. The molecule has 2 rings (SSSR count). The molecule has 0 aliphatic carbocycles. The molecule has 0 aromatic carbocycles. The van der Waals surface area contributed by atoms with Gasteiger partial charge in [-0.15, -0.1) is 0 Å². The van der Waals surface area contributed by atoms with Gasteiger partial charge in [0.1, 0.15) is 0 Å². The summed E-state index contributed by atoms with van der Waals surface area (Å²) in [5.74, 6) is -0.934. The van der Waals surface area contributed by atoms with E-state index in [1.54, 1.807) is 6.33 Å². The molecule has 1 N–H and O–H groups in total. The van der Waals surface area contributed by atoms with E-state index in [0.717, 1.165) is 25.3 Å². The lowest BCUT2D eigenvalue weighted by Gasteiger charge is -2.26. The minimum atomic E-state index is -0.934. The van der Waals surface area contributed by atoms with Gasteiger partial charge in [0.05, 0.1) is 12.0 Å². The van der Waals surface area contributed by atoms with Crippen LogP contribution in [0, 0.1) is 0 Å². The van der Waals surface area contributed by atoms with Crippen LogP contribution in [0.1, 0.15) is 23.1 Å². The number of aromatic nitrogens is 2. The number of aromatic carboxylic acids is 1. The number of likely N-dealkylation sites (N-methyl/N-ethyl adjacent to an activating group) is 1. The van der Waals surface area contributed by atoms with Gasteiger partial charge in [0, 0.05) is 19.6 Å². The molecule has 0 saturated carbocycles. The van der Waals surface area contributed by atoms with Crippen molar-refractivity contribution in [2.45, 2.75) is 20.0 Å². The molecule has 14 heavy (non-hydrogen) atoms. The topological polar surface area (TPSA) is 58.4 Å². The minimum absolute atomic E-state index is 0.197. The predicted octanol–water partition coefficient (Wildman–Crippen LogP) is 0.417. The van der Waals surface area contributed by atoms with Crippen LogP contribution in [0.15, 0.2) is 6.33 Å². The summed E-state index contributed by atoms with van der Waals surface area (Å²) < 4.78 is 1.93. The highest BCUT2D eigenvalue weighted by Gasteiger charge is 2.22. The first kappa shape index (κ1) is 9.21. The van der Waals surface area contributed by atoms with E-state index in [0.29, 0.717) is 6.54 Å². The number of hydrogen-bond donors (Lipinski definition) is 1. The molecule has 2 heterocycles. The molecule has 0 unspecified atom stereocenters. The van der Waals surface area contributed by atoms with Gasteiger partial charge in [0.15, 0.2) is 5.69 Å². The van der Waals surface area contributed by atoms with E-state index in [9.17, 15) is 4.79 Å². The smallest absolute Gasteiger partial charge is 0.356 e. The van der Waals surface area contributed by atoms with Crippen molar-refractivity contribution in [1.82, 2.24) is 14.5 Å². The molecular weight excluding hydrogens is 182 g/mol. The van der Waals surface area contributed by atoms with Gasteiger partial charge >= 0.3 is 5.97 Å². The molecule has 0 radical (unpaired) electrons. The molecule has 5 heteroatoms. The maximum Gasteiger partial charge on any atom is 0.356 e. The van der Waals surface area contributed by atoms with Crippen molar-refractivity contribution in [2.24, 2.45) is 0 Å². The predicted molar refractivity (Wildman–Crippen MR) is 50.1 cm³/mol. The minimum Gasteiger partial charge on any atom is -0.476 e. The summed E-state index contributed by atoms with van der Waals surface area (Å²) in [5.41, 5.74) is 1.02. The van der Waals surface area contributed by atoms with Crippen LogP contribution < -0.4 is 0 Å². The normalized spacial score (nSPS) is 16.6. The molecule has 1 aliphatic rings. The molecular formula is C9H13N3O2. The second-order valence-corrected chi connectivity index (χ2v) is 3.41. The van der Waals surface area contributed by atoms with E-state index in [2.05, 4.69) is 16.8 Å². The van der Waals surface area contributed by atoms with Crippen molar-refractivity contribution < 1.29 is 9.90 Å². The van der Waals surface area contributed by atoms with E-state index in [1.807, 2.05) is 4.57 Å². The van der Waals surface area contributed by atoms with E-state index >= 15 is 0 Å². The monoisotopic (exact) mass is 195 g/mol. The summed E-state index contributed by atoms with van der Waals surface area (Å²) in [5, 5.41) is 8.89. The zero-order chi connectivity index (χ0) is 10.1. The van der Waals surface area contributed by atoms with Gasteiger partial charge in [0.2, 0.25) is 0 Å². The van der Waals surface area contributed by atoms with Gasteiger partial charge in [-0.25, -0.2) is 9.78 Å². The molecule has 1 aliphatic heterocycles. The van der Waals surface area contributed by atoms with Crippen LogP contribution in [-0.2, 0) is 13.1 Å². The number of imidazole rings is 1. The summed E-state index contributed by atoms with van der Waals surface area (Å²) in [6, 6.07) is 0. The van der Waals surface area contributed by atoms with Gasteiger partial charge in [-0.1, -0.05) is 6.92 Å². The van der Waals surface area contributed by atoms with Crippen molar-refractivity contribution >= 4 is 5.97 Å². The Balaban J connectivity index is 2.32. The number of rotatable bonds is 2. The van der Waals surface area contributed by atoms with Crippen LogP contribution in [0.2, 0.25) is 0 Å². The first-order valence-corrected chi connectivity index (χ1v) is 4.72. The Morgan fingerprint density at radius 1 is 1.64 bits per heavy atom. The van der Waals surface area contributed by atoms with Gasteiger partial charge in [0.25, 0.3) is 0 Å². The fourth-order valence-electron chi connectivity index (χ4n) is 1.75. The lowest BCUT2D eigenvalue weighted by molar-refractivity contribution is 0.0687. The Morgan fingerprint density at radius 3 is 3.07 bits per heavy atom. The summed E-state index contributed by atoms with van der Waals surface area (Å²) in [6.07, 6.45) is 1.62. The summed E-state index contributed by atoms with van der Waals surface area (Å²) in [6.45, 7) is 5.53. The van der Waals surface area contributed by atoms with Crippen LogP contribution in [0.25, 0.3) is 0 Å². The Hall–Kier alpha value is -1.36. The van der Waals surface area contributed by atoms with Crippen LogP contribution in [0.5, 0.6) is 0 Å². The van der Waals surface area contributed by atoms with Gasteiger partial charge < -0.3 is 9.67 Å².